The van der Waals surface area contributed by atoms with E-state index in [4.69, 9.17) is 14.2 Å². The van der Waals surface area contributed by atoms with E-state index < -0.39 is 6.04 Å². The smallest absolute Gasteiger partial charge is 0.247 e. The second-order valence-corrected chi connectivity index (χ2v) is 8.66. The Morgan fingerprint density at radius 1 is 0.875 bits per heavy atom. The van der Waals surface area contributed by atoms with Crippen LogP contribution in [0, 0.1) is 0 Å². The molecule has 0 aromatic heterocycles. The summed E-state index contributed by atoms with van der Waals surface area (Å²) in [6.07, 6.45) is 5.60. The van der Waals surface area contributed by atoms with Crippen molar-refractivity contribution in [3.8, 4) is 17.2 Å². The molecule has 0 radical (unpaired) electrons. The Labute approximate surface area is 191 Å². The molecule has 2 aromatic rings. The van der Waals surface area contributed by atoms with Crippen molar-refractivity contribution < 1.29 is 19.0 Å². The molecule has 6 nitrogen and oxygen atoms in total. The van der Waals surface area contributed by atoms with Crippen LogP contribution in [0.1, 0.15) is 69.0 Å². The van der Waals surface area contributed by atoms with E-state index in [0.717, 1.165) is 36.9 Å². The molecule has 32 heavy (non-hydrogen) atoms. The predicted molar refractivity (Wildman–Crippen MR) is 128 cm³/mol. The highest BCUT2D eigenvalue weighted by Crippen LogP contribution is 2.40. The number of nitrogens with one attached hydrogen (secondary N) is 2. The molecule has 0 aliphatic heterocycles. The lowest BCUT2D eigenvalue weighted by Gasteiger charge is -2.27. The summed E-state index contributed by atoms with van der Waals surface area (Å²) in [5.41, 5.74) is 2.89. The fourth-order valence-corrected chi connectivity index (χ4v) is 4.23. The second-order valence-electron chi connectivity index (χ2n) is 8.66. The van der Waals surface area contributed by atoms with Gasteiger partial charge in [-0.3, -0.25) is 4.79 Å². The van der Waals surface area contributed by atoms with Crippen LogP contribution in [0.4, 0.5) is 5.69 Å². The van der Waals surface area contributed by atoms with E-state index in [2.05, 4.69) is 36.6 Å². The van der Waals surface area contributed by atoms with Crippen molar-refractivity contribution in [1.29, 1.82) is 0 Å². The Bertz CT molecular complexity index is 864. The standard InChI is InChI=1S/C26H36N2O4/c1-17(2)18-11-13-21(14-12-18)27-24(26(29)28-20-9-7-6-8-10-20)19-15-22(30-3)25(32-5)23(16-19)31-4/h11-17,20,24,27H,6-10H2,1-5H3,(H,28,29). The summed E-state index contributed by atoms with van der Waals surface area (Å²) in [5, 5.41) is 6.68. The van der Waals surface area contributed by atoms with Crippen molar-refractivity contribution in [1.82, 2.24) is 5.32 Å². The third-order valence-corrected chi connectivity index (χ3v) is 6.12. The van der Waals surface area contributed by atoms with Crippen LogP contribution < -0.4 is 24.8 Å². The largest absolute Gasteiger partial charge is 0.493 e. The van der Waals surface area contributed by atoms with Gasteiger partial charge in [0.15, 0.2) is 11.5 Å². The number of hydrogen-bond acceptors (Lipinski definition) is 5. The number of anilines is 1. The first kappa shape index (κ1) is 23.8. The molecule has 0 saturated heterocycles. The summed E-state index contributed by atoms with van der Waals surface area (Å²) < 4.78 is 16.5. The lowest BCUT2D eigenvalue weighted by Crippen LogP contribution is -2.41. The fraction of sp³-hybridized carbons (Fsp3) is 0.500. The average molecular weight is 441 g/mol. The molecular formula is C26H36N2O4. The lowest BCUT2D eigenvalue weighted by molar-refractivity contribution is -0.122. The van der Waals surface area contributed by atoms with Gasteiger partial charge in [-0.05, 0) is 54.2 Å². The number of rotatable bonds is 9. The summed E-state index contributed by atoms with van der Waals surface area (Å²) in [6.45, 7) is 4.33. The van der Waals surface area contributed by atoms with Crippen molar-refractivity contribution in [3.63, 3.8) is 0 Å². The molecule has 0 heterocycles. The molecule has 1 unspecified atom stereocenters. The molecule has 2 N–H and O–H groups in total. The number of carbonyl (C=O) groups is 1. The molecule has 1 amide bonds. The number of ether oxygens (including phenoxy) is 3. The van der Waals surface area contributed by atoms with Crippen LogP contribution in [-0.4, -0.2) is 33.3 Å². The summed E-state index contributed by atoms with van der Waals surface area (Å²) >= 11 is 0. The molecule has 3 rings (SSSR count). The quantitative estimate of drug-likeness (QED) is 0.544. The van der Waals surface area contributed by atoms with Crippen LogP contribution >= 0.6 is 0 Å². The molecular weight excluding hydrogens is 404 g/mol. The van der Waals surface area contributed by atoms with Crippen LogP contribution in [0.2, 0.25) is 0 Å². The van der Waals surface area contributed by atoms with Crippen LogP contribution in [0.15, 0.2) is 36.4 Å². The van der Waals surface area contributed by atoms with Crippen molar-refractivity contribution in [3.05, 3.63) is 47.5 Å². The van der Waals surface area contributed by atoms with Gasteiger partial charge in [0.2, 0.25) is 11.7 Å². The van der Waals surface area contributed by atoms with Gasteiger partial charge >= 0.3 is 0 Å². The molecule has 1 saturated carbocycles. The molecule has 2 aromatic carbocycles. The van der Waals surface area contributed by atoms with E-state index in [1.807, 2.05) is 24.3 Å². The van der Waals surface area contributed by atoms with Crippen LogP contribution in [0.25, 0.3) is 0 Å². The van der Waals surface area contributed by atoms with E-state index in [-0.39, 0.29) is 11.9 Å². The Kier molecular flexibility index (Phi) is 8.26. The number of methoxy groups -OCH3 is 3. The second kappa shape index (κ2) is 11.1. The normalized spacial score (nSPS) is 15.2. The summed E-state index contributed by atoms with van der Waals surface area (Å²) in [5.74, 6) is 1.94. The van der Waals surface area contributed by atoms with Crippen molar-refractivity contribution in [2.24, 2.45) is 0 Å². The van der Waals surface area contributed by atoms with E-state index >= 15 is 0 Å². The molecule has 1 aliphatic rings. The Morgan fingerprint density at radius 2 is 1.47 bits per heavy atom. The maximum Gasteiger partial charge on any atom is 0.247 e. The average Bonchev–Trinajstić information content (AvgIpc) is 2.82. The van der Waals surface area contributed by atoms with Gasteiger partial charge in [-0.2, -0.15) is 0 Å². The number of hydrogen-bond donors (Lipinski definition) is 2. The van der Waals surface area contributed by atoms with Gasteiger partial charge in [-0.15, -0.1) is 0 Å². The predicted octanol–water partition coefficient (Wildman–Crippen LogP) is 5.44. The highest BCUT2D eigenvalue weighted by atomic mass is 16.5. The van der Waals surface area contributed by atoms with Gasteiger partial charge in [0.1, 0.15) is 6.04 Å². The highest BCUT2D eigenvalue weighted by Gasteiger charge is 2.27. The van der Waals surface area contributed by atoms with Crippen LogP contribution in [0.5, 0.6) is 17.2 Å². The lowest BCUT2D eigenvalue weighted by atomic mass is 9.94. The SMILES string of the molecule is COc1cc(C(Nc2ccc(C(C)C)cc2)C(=O)NC2CCCCC2)cc(OC)c1OC. The highest BCUT2D eigenvalue weighted by molar-refractivity contribution is 5.87. The van der Waals surface area contributed by atoms with Gasteiger partial charge in [0, 0.05) is 11.7 Å². The van der Waals surface area contributed by atoms with Gasteiger partial charge in [0.25, 0.3) is 0 Å². The molecule has 1 fully saturated rings. The summed E-state index contributed by atoms with van der Waals surface area (Å²) in [6, 6.07) is 11.5. The van der Waals surface area contributed by atoms with Gasteiger partial charge in [-0.1, -0.05) is 45.2 Å². The van der Waals surface area contributed by atoms with Crippen molar-refractivity contribution in [2.45, 2.75) is 64.0 Å². The van der Waals surface area contributed by atoms with Crippen molar-refractivity contribution >= 4 is 11.6 Å². The molecule has 0 spiro atoms. The first-order valence-corrected chi connectivity index (χ1v) is 11.4. The van der Waals surface area contributed by atoms with Crippen LogP contribution in [0.3, 0.4) is 0 Å². The molecule has 1 atom stereocenters. The Hall–Kier alpha value is -2.89. The minimum atomic E-state index is -0.601. The third kappa shape index (κ3) is 5.67. The first-order valence-electron chi connectivity index (χ1n) is 11.4. The maximum absolute atomic E-state index is 13.5. The Morgan fingerprint density at radius 3 is 1.97 bits per heavy atom. The van der Waals surface area contributed by atoms with Crippen LogP contribution in [-0.2, 0) is 4.79 Å². The molecule has 6 heteroatoms. The van der Waals surface area contributed by atoms with Crippen molar-refractivity contribution in [2.75, 3.05) is 26.6 Å². The number of amides is 1. The molecule has 174 valence electrons. The topological polar surface area (TPSA) is 68.8 Å². The number of benzene rings is 2. The van der Waals surface area contributed by atoms with E-state index in [0.29, 0.717) is 23.2 Å². The minimum absolute atomic E-state index is 0.0564. The van der Waals surface area contributed by atoms with Gasteiger partial charge in [-0.25, -0.2) is 0 Å². The number of carbonyl (C=O) groups excluding carboxylic acids is 1. The Balaban J connectivity index is 1.94. The van der Waals surface area contributed by atoms with E-state index in [9.17, 15) is 4.79 Å². The molecule has 1 aliphatic carbocycles. The maximum atomic E-state index is 13.5. The minimum Gasteiger partial charge on any atom is -0.493 e. The first-order chi connectivity index (χ1) is 15.5. The van der Waals surface area contributed by atoms with E-state index in [1.165, 1.54) is 12.0 Å². The third-order valence-electron chi connectivity index (χ3n) is 6.12. The van der Waals surface area contributed by atoms with Gasteiger partial charge < -0.3 is 24.8 Å². The van der Waals surface area contributed by atoms with Gasteiger partial charge in [0.05, 0.1) is 21.3 Å². The summed E-state index contributed by atoms with van der Waals surface area (Å²) in [4.78, 5) is 13.5. The molecule has 0 bridgehead atoms. The zero-order valence-corrected chi connectivity index (χ0v) is 19.9. The van der Waals surface area contributed by atoms with E-state index in [1.54, 1.807) is 21.3 Å². The monoisotopic (exact) mass is 440 g/mol. The zero-order chi connectivity index (χ0) is 23.1. The fourth-order valence-electron chi connectivity index (χ4n) is 4.23. The summed E-state index contributed by atoms with van der Waals surface area (Å²) in [7, 11) is 4.73. The zero-order valence-electron chi connectivity index (χ0n) is 19.9.